The maximum atomic E-state index is 11.7. The lowest BCUT2D eigenvalue weighted by Gasteiger charge is -2.20. The normalized spacial score (nSPS) is 10.6. The molecule has 0 saturated heterocycles. The lowest BCUT2D eigenvalue weighted by Crippen LogP contribution is -2.17. The Balaban J connectivity index is 2.90. The third-order valence-corrected chi connectivity index (χ3v) is 4.13. The van der Waals surface area contributed by atoms with Crippen LogP contribution < -0.4 is 0 Å². The van der Waals surface area contributed by atoms with Gasteiger partial charge in [-0.15, -0.1) is 0 Å². The van der Waals surface area contributed by atoms with Gasteiger partial charge in [0.15, 0.2) is 0 Å². The monoisotopic (exact) mass is 390 g/mol. The molecule has 0 aliphatic heterocycles. The SMILES string of the molecule is CC(c1cc(O)cc(C(=O)O)c1C(=O)O)c1cc(O)cc(C(=O)O)c1C(=O)O. The zero-order chi connectivity index (χ0) is 21.3. The Kier molecular flexibility index (Phi) is 5.25. The summed E-state index contributed by atoms with van der Waals surface area (Å²) in [6.45, 7) is 1.29. The minimum atomic E-state index is -1.64. The van der Waals surface area contributed by atoms with E-state index in [1.54, 1.807) is 0 Å². The van der Waals surface area contributed by atoms with Crippen molar-refractivity contribution in [2.24, 2.45) is 0 Å². The van der Waals surface area contributed by atoms with Crippen molar-refractivity contribution in [1.82, 2.24) is 0 Å². The van der Waals surface area contributed by atoms with Crippen LogP contribution in [0.5, 0.6) is 11.5 Å². The first kappa shape index (κ1) is 20.2. The lowest BCUT2D eigenvalue weighted by atomic mass is 9.83. The molecule has 2 rings (SSSR count). The van der Waals surface area contributed by atoms with Gasteiger partial charge in [0.2, 0.25) is 0 Å². The van der Waals surface area contributed by atoms with Crippen LogP contribution in [0.25, 0.3) is 0 Å². The number of aromatic hydroxyl groups is 2. The van der Waals surface area contributed by atoms with E-state index in [4.69, 9.17) is 0 Å². The van der Waals surface area contributed by atoms with E-state index in [1.165, 1.54) is 6.92 Å². The Bertz CT molecular complexity index is 940. The predicted octanol–water partition coefficient (Wildman–Crippen LogP) is 2.04. The maximum absolute atomic E-state index is 11.7. The molecule has 0 fully saturated rings. The average Bonchev–Trinajstić information content (AvgIpc) is 2.58. The molecule has 0 atom stereocenters. The Morgan fingerprint density at radius 1 is 0.643 bits per heavy atom. The number of carboxylic acid groups (broad SMARTS) is 4. The van der Waals surface area contributed by atoms with E-state index in [-0.39, 0.29) is 11.1 Å². The lowest BCUT2D eigenvalue weighted by molar-refractivity contribution is 0.0648. The predicted molar refractivity (Wildman–Crippen MR) is 91.6 cm³/mol. The molecule has 0 aliphatic rings. The summed E-state index contributed by atoms with van der Waals surface area (Å²) < 4.78 is 0. The van der Waals surface area contributed by atoms with Crippen molar-refractivity contribution in [2.45, 2.75) is 12.8 Å². The van der Waals surface area contributed by atoms with E-state index >= 15 is 0 Å². The quantitative estimate of drug-likeness (QED) is 0.425. The molecule has 0 saturated carbocycles. The molecule has 2 aromatic carbocycles. The van der Waals surface area contributed by atoms with Crippen LogP contribution in [0.4, 0.5) is 0 Å². The Hall–Kier alpha value is -4.08. The van der Waals surface area contributed by atoms with Gasteiger partial charge in [-0.05, 0) is 35.4 Å². The molecule has 0 bridgehead atoms. The van der Waals surface area contributed by atoms with E-state index in [9.17, 15) is 49.8 Å². The number of carbonyl (C=O) groups is 4. The molecule has 10 heteroatoms. The molecule has 0 aliphatic carbocycles. The highest BCUT2D eigenvalue weighted by Gasteiger charge is 2.30. The third kappa shape index (κ3) is 3.56. The van der Waals surface area contributed by atoms with Gasteiger partial charge in [-0.25, -0.2) is 19.2 Å². The Labute approximate surface area is 156 Å². The molecule has 28 heavy (non-hydrogen) atoms. The van der Waals surface area contributed by atoms with Crippen LogP contribution in [0.2, 0.25) is 0 Å². The van der Waals surface area contributed by atoms with Gasteiger partial charge in [0, 0.05) is 5.92 Å². The molecule has 0 heterocycles. The first-order chi connectivity index (χ1) is 13.0. The van der Waals surface area contributed by atoms with Crippen LogP contribution in [0, 0.1) is 0 Å². The van der Waals surface area contributed by atoms with E-state index in [0.717, 1.165) is 24.3 Å². The molecule has 0 unspecified atom stereocenters. The Morgan fingerprint density at radius 2 is 0.964 bits per heavy atom. The van der Waals surface area contributed by atoms with Crippen molar-refractivity contribution in [3.63, 3.8) is 0 Å². The second kappa shape index (κ2) is 7.27. The minimum absolute atomic E-state index is 0.269. The number of benzene rings is 2. The second-order valence-electron chi connectivity index (χ2n) is 5.86. The number of phenols is 2. The standard InChI is InChI=1S/C18H14O10/c1-6(9-2-7(19)4-11(15(21)22)13(9)17(25)26)10-3-8(20)5-12(16(23)24)14(10)18(27)28/h2-6,19-20H,1H3,(H,21,22)(H,23,24)(H,25,26)(H,27,28). The molecule has 0 spiro atoms. The molecular formula is C18H14O10. The van der Waals surface area contributed by atoms with Crippen molar-refractivity contribution >= 4 is 23.9 Å². The Morgan fingerprint density at radius 3 is 1.21 bits per heavy atom. The van der Waals surface area contributed by atoms with Crippen molar-refractivity contribution in [1.29, 1.82) is 0 Å². The van der Waals surface area contributed by atoms with Gasteiger partial charge in [-0.2, -0.15) is 0 Å². The summed E-state index contributed by atoms with van der Waals surface area (Å²) in [4.78, 5) is 46.1. The number of rotatable bonds is 6. The van der Waals surface area contributed by atoms with Crippen LogP contribution >= 0.6 is 0 Å². The van der Waals surface area contributed by atoms with Crippen molar-refractivity contribution in [3.05, 3.63) is 57.6 Å². The number of aromatic carboxylic acids is 4. The third-order valence-electron chi connectivity index (χ3n) is 4.13. The fourth-order valence-corrected chi connectivity index (χ4v) is 2.96. The van der Waals surface area contributed by atoms with Crippen LogP contribution in [0.3, 0.4) is 0 Å². The summed E-state index contributed by atoms with van der Waals surface area (Å²) in [7, 11) is 0. The molecule has 10 nitrogen and oxygen atoms in total. The summed E-state index contributed by atoms with van der Waals surface area (Å²) in [6.07, 6.45) is 0. The van der Waals surface area contributed by atoms with E-state index in [2.05, 4.69) is 0 Å². The first-order valence-corrected chi connectivity index (χ1v) is 7.62. The summed E-state index contributed by atoms with van der Waals surface area (Å²) in [5.41, 5.74) is -3.40. The van der Waals surface area contributed by atoms with Crippen LogP contribution in [0.1, 0.15) is 65.4 Å². The van der Waals surface area contributed by atoms with E-state index in [1.807, 2.05) is 0 Å². The van der Waals surface area contributed by atoms with Crippen LogP contribution in [0.15, 0.2) is 24.3 Å². The summed E-state index contributed by atoms with van der Waals surface area (Å²) >= 11 is 0. The minimum Gasteiger partial charge on any atom is -0.508 e. The topological polar surface area (TPSA) is 190 Å². The molecule has 2 aromatic rings. The van der Waals surface area contributed by atoms with Gasteiger partial charge in [0.1, 0.15) is 11.5 Å². The highest BCUT2D eigenvalue weighted by atomic mass is 16.4. The fourth-order valence-electron chi connectivity index (χ4n) is 2.96. The highest BCUT2D eigenvalue weighted by Crippen LogP contribution is 2.36. The smallest absolute Gasteiger partial charge is 0.336 e. The van der Waals surface area contributed by atoms with Crippen molar-refractivity contribution < 1.29 is 49.8 Å². The molecule has 6 N–H and O–H groups in total. The number of hydrogen-bond acceptors (Lipinski definition) is 6. The molecule has 0 amide bonds. The second-order valence-corrected chi connectivity index (χ2v) is 5.86. The molecular weight excluding hydrogens is 376 g/mol. The van der Waals surface area contributed by atoms with Gasteiger partial charge < -0.3 is 30.6 Å². The zero-order valence-corrected chi connectivity index (χ0v) is 14.2. The van der Waals surface area contributed by atoms with Gasteiger partial charge in [-0.3, -0.25) is 0 Å². The summed E-state index contributed by atoms with van der Waals surface area (Å²) in [5, 5.41) is 57.0. The van der Waals surface area contributed by atoms with Crippen molar-refractivity contribution in [2.75, 3.05) is 0 Å². The zero-order valence-electron chi connectivity index (χ0n) is 14.2. The van der Waals surface area contributed by atoms with E-state index < -0.39 is 63.5 Å². The van der Waals surface area contributed by atoms with Gasteiger partial charge >= 0.3 is 23.9 Å². The van der Waals surface area contributed by atoms with Crippen LogP contribution in [-0.4, -0.2) is 54.5 Å². The average molecular weight is 390 g/mol. The summed E-state index contributed by atoms with van der Waals surface area (Å²) in [5.74, 6) is -8.93. The van der Waals surface area contributed by atoms with Gasteiger partial charge in [0.05, 0.1) is 22.3 Å². The first-order valence-electron chi connectivity index (χ1n) is 7.62. The molecule has 0 radical (unpaired) electrons. The highest BCUT2D eigenvalue weighted by molar-refractivity contribution is 6.05. The molecule has 146 valence electrons. The fraction of sp³-hybridized carbons (Fsp3) is 0.111. The number of hydrogen-bond donors (Lipinski definition) is 6. The van der Waals surface area contributed by atoms with E-state index in [0.29, 0.717) is 0 Å². The largest absolute Gasteiger partial charge is 0.508 e. The number of carboxylic acids is 4. The van der Waals surface area contributed by atoms with Crippen molar-refractivity contribution in [3.8, 4) is 11.5 Å². The summed E-state index contributed by atoms with van der Waals surface area (Å²) in [6, 6.07) is 3.34. The molecule has 0 aromatic heterocycles. The number of phenolic OH excluding ortho intramolecular Hbond substituents is 2. The van der Waals surface area contributed by atoms with Gasteiger partial charge in [0.25, 0.3) is 0 Å². The van der Waals surface area contributed by atoms with Gasteiger partial charge in [-0.1, -0.05) is 6.92 Å². The maximum Gasteiger partial charge on any atom is 0.336 e. The van der Waals surface area contributed by atoms with Crippen LogP contribution in [-0.2, 0) is 0 Å².